The first kappa shape index (κ1) is 18.9. The number of nitrogens with one attached hydrogen (secondary N) is 1. The minimum atomic E-state index is -3.64. The monoisotopic (exact) mass is 378 g/mol. The van der Waals surface area contributed by atoms with Crippen molar-refractivity contribution < 1.29 is 17.9 Å². The molecule has 1 aliphatic carbocycles. The maximum Gasteiger partial charge on any atom is 0.246 e. The van der Waals surface area contributed by atoms with E-state index in [1.54, 1.807) is 12.1 Å². The molecule has 2 aliphatic rings. The Morgan fingerprint density at radius 1 is 1.27 bits per heavy atom. The van der Waals surface area contributed by atoms with Gasteiger partial charge < -0.3 is 10.1 Å². The summed E-state index contributed by atoms with van der Waals surface area (Å²) in [7, 11) is -2.19. The minimum absolute atomic E-state index is 0.104. The van der Waals surface area contributed by atoms with Crippen molar-refractivity contribution in [1.82, 2.24) is 4.31 Å². The number of nitrogens with zero attached hydrogens (tertiary/aromatic N) is 1. The van der Waals surface area contributed by atoms with Crippen LogP contribution >= 0.6 is 0 Å². The van der Waals surface area contributed by atoms with Crippen molar-refractivity contribution >= 4 is 21.6 Å². The number of rotatable bonds is 6. The molecule has 1 aliphatic heterocycles. The maximum atomic E-state index is 13.0. The number of carbonyl (C=O) groups excluding carboxylic acids is 1. The molecule has 0 bridgehead atoms. The second-order valence-corrected chi connectivity index (χ2v) is 8.75. The molecule has 1 aromatic rings. The highest BCUT2D eigenvalue weighted by Gasteiger charge is 2.29. The van der Waals surface area contributed by atoms with Gasteiger partial charge in [0.1, 0.15) is 10.6 Å². The Morgan fingerprint density at radius 3 is 2.69 bits per heavy atom. The fraction of sp³-hybridized carbons (Fsp3) is 0.526. The number of benzene rings is 1. The molecule has 0 spiro atoms. The predicted molar refractivity (Wildman–Crippen MR) is 101 cm³/mol. The smallest absolute Gasteiger partial charge is 0.246 e. The Balaban J connectivity index is 1.79. The summed E-state index contributed by atoms with van der Waals surface area (Å²) in [5.41, 5.74) is 0.480. The second kappa shape index (κ2) is 8.22. The summed E-state index contributed by atoms with van der Waals surface area (Å²) in [6, 6.07) is 4.78. The van der Waals surface area contributed by atoms with E-state index < -0.39 is 10.0 Å². The molecule has 1 N–H and O–H groups in total. The molecule has 26 heavy (non-hydrogen) atoms. The Kier molecular flexibility index (Phi) is 5.98. The number of allylic oxidation sites excluding steroid dienone is 2. The van der Waals surface area contributed by atoms with Crippen LogP contribution in [0.5, 0.6) is 5.75 Å². The summed E-state index contributed by atoms with van der Waals surface area (Å²) in [5, 5.41) is 2.82. The van der Waals surface area contributed by atoms with Crippen molar-refractivity contribution in [2.45, 2.75) is 43.4 Å². The Bertz CT molecular complexity index is 783. The molecule has 0 aromatic heterocycles. The van der Waals surface area contributed by atoms with Crippen LogP contribution in [0.3, 0.4) is 0 Å². The number of methoxy groups -OCH3 is 1. The molecular formula is C19H26N2O4S. The molecule has 3 rings (SSSR count). The van der Waals surface area contributed by atoms with Gasteiger partial charge in [-0.15, -0.1) is 0 Å². The van der Waals surface area contributed by atoms with Crippen LogP contribution in [0.15, 0.2) is 35.2 Å². The quantitative estimate of drug-likeness (QED) is 0.772. The van der Waals surface area contributed by atoms with Gasteiger partial charge >= 0.3 is 0 Å². The van der Waals surface area contributed by atoms with E-state index in [1.165, 1.54) is 17.5 Å². The zero-order valence-electron chi connectivity index (χ0n) is 15.1. The van der Waals surface area contributed by atoms with E-state index in [9.17, 15) is 13.2 Å². The fourth-order valence-corrected chi connectivity index (χ4v) is 5.21. The van der Waals surface area contributed by atoms with E-state index in [1.807, 2.05) is 0 Å². The number of hydrogen-bond donors (Lipinski definition) is 1. The zero-order valence-corrected chi connectivity index (χ0v) is 15.9. The van der Waals surface area contributed by atoms with Crippen LogP contribution in [0.2, 0.25) is 0 Å². The van der Waals surface area contributed by atoms with Crippen molar-refractivity contribution in [3.63, 3.8) is 0 Å². The Labute approximate surface area is 155 Å². The van der Waals surface area contributed by atoms with Crippen LogP contribution in [-0.4, -0.2) is 38.8 Å². The SMILES string of the molecule is COc1ccc(NC(=O)CC2C=CCC2)cc1S(=O)(=O)N1CCCCC1. The van der Waals surface area contributed by atoms with Gasteiger partial charge in [-0.2, -0.15) is 4.31 Å². The van der Waals surface area contributed by atoms with E-state index >= 15 is 0 Å². The standard InChI is InChI=1S/C19H26N2O4S/c1-25-17-10-9-16(20-19(22)13-15-7-3-4-8-15)14-18(17)26(23,24)21-11-5-2-6-12-21/h3,7,9-10,14-15H,2,4-6,8,11-13H2,1H3,(H,20,22). The topological polar surface area (TPSA) is 75.7 Å². The van der Waals surface area contributed by atoms with Gasteiger partial charge in [-0.25, -0.2) is 8.42 Å². The van der Waals surface area contributed by atoms with E-state index in [-0.39, 0.29) is 16.7 Å². The summed E-state index contributed by atoms with van der Waals surface area (Å²) in [5.74, 6) is 0.463. The van der Waals surface area contributed by atoms with Crippen molar-refractivity contribution in [2.24, 2.45) is 5.92 Å². The number of anilines is 1. The van der Waals surface area contributed by atoms with E-state index in [2.05, 4.69) is 17.5 Å². The summed E-state index contributed by atoms with van der Waals surface area (Å²) in [6.45, 7) is 1.05. The highest BCUT2D eigenvalue weighted by atomic mass is 32.2. The lowest BCUT2D eigenvalue weighted by Gasteiger charge is -2.26. The second-order valence-electron chi connectivity index (χ2n) is 6.85. The first-order valence-corrected chi connectivity index (χ1v) is 10.6. The predicted octanol–water partition coefficient (Wildman–Crippen LogP) is 3.16. The van der Waals surface area contributed by atoms with Crippen LogP contribution in [-0.2, 0) is 14.8 Å². The molecule has 1 aromatic carbocycles. The van der Waals surface area contributed by atoms with Crippen LogP contribution in [0.4, 0.5) is 5.69 Å². The highest BCUT2D eigenvalue weighted by molar-refractivity contribution is 7.89. The van der Waals surface area contributed by atoms with E-state index in [4.69, 9.17) is 4.74 Å². The molecule has 0 radical (unpaired) electrons. The summed E-state index contributed by atoms with van der Waals surface area (Å²) < 4.78 is 32.8. The average Bonchev–Trinajstić information content (AvgIpc) is 3.15. The number of sulfonamides is 1. The first-order chi connectivity index (χ1) is 12.5. The molecular weight excluding hydrogens is 352 g/mol. The summed E-state index contributed by atoms with van der Waals surface area (Å²) >= 11 is 0. The van der Waals surface area contributed by atoms with Gasteiger partial charge in [0.15, 0.2) is 0 Å². The van der Waals surface area contributed by atoms with Crippen molar-refractivity contribution in [3.05, 3.63) is 30.4 Å². The molecule has 1 heterocycles. The third kappa shape index (κ3) is 4.27. The van der Waals surface area contributed by atoms with Crippen molar-refractivity contribution in [3.8, 4) is 5.75 Å². The van der Waals surface area contributed by atoms with Crippen molar-refractivity contribution in [1.29, 1.82) is 0 Å². The molecule has 7 heteroatoms. The Morgan fingerprint density at radius 2 is 2.04 bits per heavy atom. The van der Waals surface area contributed by atoms with Gasteiger partial charge in [0.05, 0.1) is 7.11 Å². The zero-order chi connectivity index (χ0) is 18.6. The molecule has 6 nitrogen and oxygen atoms in total. The van der Waals surface area contributed by atoms with Gasteiger partial charge in [-0.3, -0.25) is 4.79 Å². The number of amides is 1. The van der Waals surface area contributed by atoms with Gasteiger partial charge in [-0.05, 0) is 49.8 Å². The largest absolute Gasteiger partial charge is 0.495 e. The highest BCUT2D eigenvalue weighted by Crippen LogP contribution is 2.31. The maximum absolute atomic E-state index is 13.0. The average molecular weight is 378 g/mol. The number of carbonyl (C=O) groups is 1. The lowest BCUT2D eigenvalue weighted by atomic mass is 10.1. The first-order valence-electron chi connectivity index (χ1n) is 9.15. The number of piperidine rings is 1. The molecule has 1 amide bonds. The van der Waals surface area contributed by atoms with Crippen molar-refractivity contribution in [2.75, 3.05) is 25.5 Å². The normalized spacial score (nSPS) is 20.9. The lowest BCUT2D eigenvalue weighted by molar-refractivity contribution is -0.116. The minimum Gasteiger partial charge on any atom is -0.495 e. The molecule has 0 saturated carbocycles. The van der Waals surface area contributed by atoms with Crippen LogP contribution < -0.4 is 10.1 Å². The Hall–Kier alpha value is -1.86. The van der Waals surface area contributed by atoms with Gasteiger partial charge in [0, 0.05) is 25.2 Å². The van der Waals surface area contributed by atoms with Gasteiger partial charge in [-0.1, -0.05) is 18.6 Å². The molecule has 1 unspecified atom stereocenters. The summed E-state index contributed by atoms with van der Waals surface area (Å²) in [4.78, 5) is 12.4. The van der Waals surface area contributed by atoms with E-state index in [0.29, 0.717) is 30.9 Å². The van der Waals surface area contributed by atoms with Crippen LogP contribution in [0.1, 0.15) is 38.5 Å². The lowest BCUT2D eigenvalue weighted by Crippen LogP contribution is -2.35. The van der Waals surface area contributed by atoms with Gasteiger partial charge in [0.25, 0.3) is 0 Å². The van der Waals surface area contributed by atoms with Gasteiger partial charge in [0.2, 0.25) is 15.9 Å². The van der Waals surface area contributed by atoms with Crippen LogP contribution in [0, 0.1) is 5.92 Å². The van der Waals surface area contributed by atoms with E-state index in [0.717, 1.165) is 32.1 Å². The molecule has 1 saturated heterocycles. The summed E-state index contributed by atoms with van der Waals surface area (Å²) in [6.07, 6.45) is 9.36. The molecule has 142 valence electrons. The number of hydrogen-bond acceptors (Lipinski definition) is 4. The van der Waals surface area contributed by atoms with Crippen LogP contribution in [0.25, 0.3) is 0 Å². The molecule has 1 fully saturated rings. The molecule has 1 atom stereocenters. The number of ether oxygens (including phenoxy) is 1. The third-order valence-corrected chi connectivity index (χ3v) is 6.86. The fourth-order valence-electron chi connectivity index (χ4n) is 3.52. The third-order valence-electron chi connectivity index (χ3n) is 4.94.